The van der Waals surface area contributed by atoms with Gasteiger partial charge in [0, 0.05) is 20.6 Å². The number of carbonyl (C=O) groups excluding carboxylic acids is 1. The van der Waals surface area contributed by atoms with Crippen molar-refractivity contribution in [1.82, 2.24) is 0 Å². The van der Waals surface area contributed by atoms with Gasteiger partial charge in [-0.25, -0.2) is 0 Å². The van der Waals surface area contributed by atoms with Crippen LogP contribution in [0.5, 0.6) is 0 Å². The van der Waals surface area contributed by atoms with Gasteiger partial charge in [-0.2, -0.15) is 0 Å². The minimum atomic E-state index is -0.262. The first kappa shape index (κ1) is 15.8. The molecule has 0 heterocycles. The van der Waals surface area contributed by atoms with E-state index in [-0.39, 0.29) is 12.6 Å². The zero-order valence-corrected chi connectivity index (χ0v) is 9.12. The number of rotatable bonds is 6. The van der Waals surface area contributed by atoms with E-state index in [1.54, 1.807) is 7.11 Å². The van der Waals surface area contributed by atoms with Crippen molar-refractivity contribution >= 4 is 5.97 Å². The predicted molar refractivity (Wildman–Crippen MR) is 52.1 cm³/mol. The maximum atomic E-state index is 10.0. The molecule has 86 valence electrons. The molecule has 0 fully saturated rings. The molecule has 5 heteroatoms. The summed E-state index contributed by atoms with van der Waals surface area (Å²) in [5.74, 6) is -0.262. The van der Waals surface area contributed by atoms with Crippen LogP contribution in [-0.4, -0.2) is 51.2 Å². The van der Waals surface area contributed by atoms with Crippen LogP contribution in [0.25, 0.3) is 0 Å². The van der Waals surface area contributed by atoms with Crippen molar-refractivity contribution in [3.05, 3.63) is 0 Å². The fraction of sp³-hybridized carbons (Fsp3) is 0.889. The predicted octanol–water partition coefficient (Wildman–Crippen LogP) is 0.211. The molecule has 0 atom stereocenters. The smallest absolute Gasteiger partial charge is 0.302 e. The van der Waals surface area contributed by atoms with E-state index >= 15 is 0 Å². The van der Waals surface area contributed by atoms with Crippen molar-refractivity contribution in [2.24, 2.45) is 0 Å². The fourth-order valence-corrected chi connectivity index (χ4v) is 0.478. The van der Waals surface area contributed by atoms with Gasteiger partial charge >= 0.3 is 5.97 Å². The molecule has 0 radical (unpaired) electrons. The number of carbonyl (C=O) groups is 1. The van der Waals surface area contributed by atoms with Crippen LogP contribution < -0.4 is 0 Å². The van der Waals surface area contributed by atoms with Crippen LogP contribution in [-0.2, 0) is 19.0 Å². The first-order chi connectivity index (χ1) is 6.68. The third-order valence-electron chi connectivity index (χ3n) is 1.03. The standard InChI is InChI=1S/C5H10O3.C4H10O2/c1-5(6)8-4-3-7-2;1-2-6-4-3-5/h3-4H2,1-2H3;5H,2-4H2,1H3. The summed E-state index contributed by atoms with van der Waals surface area (Å²) in [6, 6.07) is 0. The average molecular weight is 208 g/mol. The highest BCUT2D eigenvalue weighted by molar-refractivity contribution is 5.65. The summed E-state index contributed by atoms with van der Waals surface area (Å²) in [5.41, 5.74) is 0. The van der Waals surface area contributed by atoms with Gasteiger partial charge in [-0.1, -0.05) is 0 Å². The fourth-order valence-electron chi connectivity index (χ4n) is 0.478. The van der Waals surface area contributed by atoms with Crippen LogP contribution in [0.1, 0.15) is 13.8 Å². The Morgan fingerprint density at radius 1 is 1.29 bits per heavy atom. The maximum Gasteiger partial charge on any atom is 0.302 e. The van der Waals surface area contributed by atoms with Crippen LogP contribution in [0.4, 0.5) is 0 Å². The van der Waals surface area contributed by atoms with Crippen LogP contribution in [0.15, 0.2) is 0 Å². The Kier molecular flexibility index (Phi) is 16.8. The number of methoxy groups -OCH3 is 1. The highest BCUT2D eigenvalue weighted by Crippen LogP contribution is 1.74. The van der Waals surface area contributed by atoms with Crippen LogP contribution in [0, 0.1) is 0 Å². The minimum absolute atomic E-state index is 0.133. The van der Waals surface area contributed by atoms with E-state index in [0.717, 1.165) is 0 Å². The van der Waals surface area contributed by atoms with E-state index in [2.05, 4.69) is 9.47 Å². The van der Waals surface area contributed by atoms with Gasteiger partial charge in [0.2, 0.25) is 0 Å². The molecule has 0 aromatic rings. The third kappa shape index (κ3) is 22.5. The van der Waals surface area contributed by atoms with Gasteiger partial charge in [-0.05, 0) is 6.92 Å². The second-order valence-corrected chi connectivity index (χ2v) is 2.25. The van der Waals surface area contributed by atoms with Crippen LogP contribution in [0.2, 0.25) is 0 Å². The van der Waals surface area contributed by atoms with E-state index in [1.165, 1.54) is 6.92 Å². The molecular formula is C9H20O5. The van der Waals surface area contributed by atoms with Gasteiger partial charge in [0.1, 0.15) is 6.61 Å². The number of hydrogen-bond acceptors (Lipinski definition) is 5. The molecule has 14 heavy (non-hydrogen) atoms. The Morgan fingerprint density at radius 3 is 2.21 bits per heavy atom. The lowest BCUT2D eigenvalue weighted by molar-refractivity contribution is -0.142. The Morgan fingerprint density at radius 2 is 1.93 bits per heavy atom. The summed E-state index contributed by atoms with van der Waals surface area (Å²) in [6.07, 6.45) is 0. The number of hydrogen-bond donors (Lipinski definition) is 1. The molecule has 0 bridgehead atoms. The lowest BCUT2D eigenvalue weighted by Gasteiger charge is -1.97. The molecule has 0 spiro atoms. The molecule has 0 rings (SSSR count). The average Bonchev–Trinajstić information content (AvgIpc) is 2.16. The summed E-state index contributed by atoms with van der Waals surface area (Å²) in [6.45, 7) is 5.39. The second-order valence-electron chi connectivity index (χ2n) is 2.25. The van der Waals surface area contributed by atoms with Crippen LogP contribution >= 0.6 is 0 Å². The van der Waals surface area contributed by atoms with E-state index in [0.29, 0.717) is 26.4 Å². The monoisotopic (exact) mass is 208 g/mol. The maximum absolute atomic E-state index is 10.0. The van der Waals surface area contributed by atoms with E-state index < -0.39 is 0 Å². The summed E-state index contributed by atoms with van der Waals surface area (Å²) < 4.78 is 13.9. The van der Waals surface area contributed by atoms with Gasteiger partial charge in [-0.3, -0.25) is 4.79 Å². The molecule has 0 unspecified atom stereocenters. The SMILES string of the molecule is CCOCCO.COCCOC(C)=O. The Balaban J connectivity index is 0. The van der Waals surface area contributed by atoms with E-state index in [9.17, 15) is 4.79 Å². The molecule has 0 saturated heterocycles. The normalized spacial score (nSPS) is 8.86. The number of aliphatic hydroxyl groups is 1. The van der Waals surface area contributed by atoms with Crippen molar-refractivity contribution in [1.29, 1.82) is 0 Å². The highest BCUT2D eigenvalue weighted by Gasteiger charge is 1.88. The van der Waals surface area contributed by atoms with Crippen molar-refractivity contribution < 1.29 is 24.1 Å². The minimum Gasteiger partial charge on any atom is -0.463 e. The molecule has 0 aromatic carbocycles. The van der Waals surface area contributed by atoms with Crippen molar-refractivity contribution in [3.63, 3.8) is 0 Å². The first-order valence-corrected chi connectivity index (χ1v) is 4.49. The molecule has 0 amide bonds. The molecule has 0 saturated carbocycles. The van der Waals surface area contributed by atoms with Crippen molar-refractivity contribution in [3.8, 4) is 0 Å². The van der Waals surface area contributed by atoms with Gasteiger partial charge in [0.05, 0.1) is 19.8 Å². The highest BCUT2D eigenvalue weighted by atomic mass is 16.6. The third-order valence-corrected chi connectivity index (χ3v) is 1.03. The second kappa shape index (κ2) is 14.9. The number of esters is 1. The zero-order valence-electron chi connectivity index (χ0n) is 9.12. The largest absolute Gasteiger partial charge is 0.463 e. The van der Waals surface area contributed by atoms with E-state index in [4.69, 9.17) is 9.84 Å². The zero-order chi connectivity index (χ0) is 11.2. The summed E-state index contributed by atoms with van der Waals surface area (Å²) in [4.78, 5) is 10.0. The Hall–Kier alpha value is -0.650. The lowest BCUT2D eigenvalue weighted by Crippen LogP contribution is -2.05. The molecule has 1 N–H and O–H groups in total. The molecule has 5 nitrogen and oxygen atoms in total. The van der Waals surface area contributed by atoms with E-state index in [1.807, 2.05) is 6.92 Å². The Labute approximate surface area is 85.0 Å². The summed E-state index contributed by atoms with van der Waals surface area (Å²) >= 11 is 0. The van der Waals surface area contributed by atoms with Gasteiger partial charge in [-0.15, -0.1) is 0 Å². The number of aliphatic hydroxyl groups excluding tert-OH is 1. The van der Waals surface area contributed by atoms with Crippen molar-refractivity contribution in [2.45, 2.75) is 13.8 Å². The quantitative estimate of drug-likeness (QED) is 0.499. The number of ether oxygens (including phenoxy) is 3. The molecule has 0 aliphatic carbocycles. The van der Waals surface area contributed by atoms with Gasteiger partial charge in [0.25, 0.3) is 0 Å². The van der Waals surface area contributed by atoms with Gasteiger partial charge < -0.3 is 19.3 Å². The van der Waals surface area contributed by atoms with Crippen molar-refractivity contribution in [2.75, 3.05) is 40.1 Å². The van der Waals surface area contributed by atoms with Gasteiger partial charge in [0.15, 0.2) is 0 Å². The first-order valence-electron chi connectivity index (χ1n) is 4.49. The molecule has 0 aliphatic rings. The summed E-state index contributed by atoms with van der Waals surface area (Å²) in [7, 11) is 1.56. The summed E-state index contributed by atoms with van der Waals surface area (Å²) in [5, 5.41) is 8.07. The lowest BCUT2D eigenvalue weighted by atomic mass is 10.7. The molecule has 0 aromatic heterocycles. The topological polar surface area (TPSA) is 65.0 Å². The molecule has 0 aliphatic heterocycles. The molecular weight excluding hydrogens is 188 g/mol. The Bertz CT molecular complexity index is 112. The van der Waals surface area contributed by atoms with Crippen LogP contribution in [0.3, 0.4) is 0 Å².